The van der Waals surface area contributed by atoms with Crippen LogP contribution in [0.2, 0.25) is 0 Å². The normalized spacial score (nSPS) is 10.5. The van der Waals surface area contributed by atoms with Crippen molar-refractivity contribution < 1.29 is 23.5 Å². The van der Waals surface area contributed by atoms with Gasteiger partial charge in [0, 0.05) is 6.92 Å². The van der Waals surface area contributed by atoms with Gasteiger partial charge in [0.2, 0.25) is 5.91 Å². The number of carbonyl (C=O) groups excluding carboxylic acids is 2. The van der Waals surface area contributed by atoms with E-state index in [1.807, 2.05) is 24.3 Å². The first kappa shape index (κ1) is 18.4. The van der Waals surface area contributed by atoms with E-state index in [0.717, 1.165) is 10.8 Å². The number of carbonyl (C=O) groups is 2. The molecule has 0 heterocycles. The second kappa shape index (κ2) is 7.86. The summed E-state index contributed by atoms with van der Waals surface area (Å²) in [6.07, 6.45) is 0. The Bertz CT molecular complexity index is 1020. The second-order valence-electron chi connectivity index (χ2n) is 5.97. The van der Waals surface area contributed by atoms with E-state index >= 15 is 0 Å². The Hall–Kier alpha value is -3.41. The van der Waals surface area contributed by atoms with E-state index in [-0.39, 0.29) is 23.8 Å². The third-order valence-corrected chi connectivity index (χ3v) is 4.00. The van der Waals surface area contributed by atoms with Gasteiger partial charge < -0.3 is 14.8 Å². The molecular formula is C21H18FNO4. The molecule has 0 atom stereocenters. The molecule has 138 valence electrons. The van der Waals surface area contributed by atoms with Crippen molar-refractivity contribution in [2.24, 2.45) is 0 Å². The monoisotopic (exact) mass is 367 g/mol. The maximum absolute atomic E-state index is 13.8. The molecule has 3 aromatic carbocycles. The van der Waals surface area contributed by atoms with Gasteiger partial charge in [-0.2, -0.15) is 0 Å². The highest BCUT2D eigenvalue weighted by Crippen LogP contribution is 2.26. The summed E-state index contributed by atoms with van der Waals surface area (Å²) >= 11 is 0. The zero-order valence-electron chi connectivity index (χ0n) is 14.9. The van der Waals surface area contributed by atoms with Crippen LogP contribution in [0.4, 0.5) is 10.1 Å². The number of fused-ring (bicyclic) bond motifs is 1. The van der Waals surface area contributed by atoms with Crippen molar-refractivity contribution in [2.45, 2.75) is 13.5 Å². The second-order valence-corrected chi connectivity index (χ2v) is 5.97. The first-order chi connectivity index (χ1) is 13.0. The summed E-state index contributed by atoms with van der Waals surface area (Å²) in [7, 11) is 1.38. The Morgan fingerprint density at radius 1 is 1.04 bits per heavy atom. The average Bonchev–Trinajstić information content (AvgIpc) is 2.65. The standard InChI is InChI=1S/C21H18FNO4/c1-13(24)23-19-11-16-6-4-3-5-15(16)10-17(19)21(25)27-12-14-7-8-20(26-2)18(22)9-14/h3-11H,12H2,1-2H3,(H,23,24). The van der Waals surface area contributed by atoms with Gasteiger partial charge in [-0.1, -0.05) is 30.3 Å². The minimum absolute atomic E-state index is 0.105. The predicted molar refractivity (Wildman–Crippen MR) is 100 cm³/mol. The number of rotatable bonds is 5. The Morgan fingerprint density at radius 3 is 2.37 bits per heavy atom. The van der Waals surface area contributed by atoms with Crippen LogP contribution in [0.1, 0.15) is 22.8 Å². The highest BCUT2D eigenvalue weighted by Gasteiger charge is 2.16. The molecule has 0 aromatic heterocycles. The molecule has 1 amide bonds. The summed E-state index contributed by atoms with van der Waals surface area (Å²) < 4.78 is 23.9. The fourth-order valence-electron chi connectivity index (χ4n) is 2.73. The molecule has 3 rings (SSSR count). The number of methoxy groups -OCH3 is 1. The highest BCUT2D eigenvalue weighted by molar-refractivity contribution is 6.05. The lowest BCUT2D eigenvalue weighted by Gasteiger charge is -2.12. The van der Waals surface area contributed by atoms with Crippen LogP contribution >= 0.6 is 0 Å². The van der Waals surface area contributed by atoms with Crippen LogP contribution in [0, 0.1) is 5.82 Å². The summed E-state index contributed by atoms with van der Waals surface area (Å²) in [6.45, 7) is 1.26. The van der Waals surface area contributed by atoms with Crippen molar-refractivity contribution in [1.82, 2.24) is 0 Å². The molecule has 0 fully saturated rings. The summed E-state index contributed by atoms with van der Waals surface area (Å²) in [5.41, 5.74) is 1.09. The van der Waals surface area contributed by atoms with E-state index < -0.39 is 11.8 Å². The molecule has 0 spiro atoms. The Labute approximate surface area is 155 Å². The topological polar surface area (TPSA) is 64.6 Å². The molecule has 0 unspecified atom stereocenters. The van der Waals surface area contributed by atoms with Crippen LogP contribution in [0.3, 0.4) is 0 Å². The van der Waals surface area contributed by atoms with Crippen LogP contribution in [0.15, 0.2) is 54.6 Å². The number of esters is 1. The largest absolute Gasteiger partial charge is 0.494 e. The van der Waals surface area contributed by atoms with Gasteiger partial charge in [-0.3, -0.25) is 4.79 Å². The molecule has 3 aromatic rings. The number of amides is 1. The summed E-state index contributed by atoms with van der Waals surface area (Å²) in [5.74, 6) is -1.32. The summed E-state index contributed by atoms with van der Waals surface area (Å²) in [6, 6.07) is 15.2. The third-order valence-electron chi connectivity index (χ3n) is 4.00. The molecule has 0 aliphatic heterocycles. The zero-order chi connectivity index (χ0) is 19.4. The lowest BCUT2D eigenvalue weighted by atomic mass is 10.0. The molecule has 6 heteroatoms. The predicted octanol–water partition coefficient (Wildman–Crippen LogP) is 4.30. The van der Waals surface area contributed by atoms with Crippen molar-refractivity contribution in [3.05, 3.63) is 71.5 Å². The van der Waals surface area contributed by atoms with E-state index in [1.54, 1.807) is 18.2 Å². The zero-order valence-corrected chi connectivity index (χ0v) is 14.9. The van der Waals surface area contributed by atoms with Gasteiger partial charge in [0.15, 0.2) is 11.6 Å². The molecule has 1 N–H and O–H groups in total. The van der Waals surface area contributed by atoms with Gasteiger partial charge in [0.25, 0.3) is 0 Å². The highest BCUT2D eigenvalue weighted by atomic mass is 19.1. The number of halogens is 1. The number of hydrogen-bond donors (Lipinski definition) is 1. The smallest absolute Gasteiger partial charge is 0.340 e. The van der Waals surface area contributed by atoms with Gasteiger partial charge in [0.05, 0.1) is 18.4 Å². The number of anilines is 1. The Morgan fingerprint density at radius 2 is 1.74 bits per heavy atom. The van der Waals surface area contributed by atoms with Gasteiger partial charge in [-0.05, 0) is 40.6 Å². The number of nitrogens with one attached hydrogen (secondary N) is 1. The first-order valence-corrected chi connectivity index (χ1v) is 8.28. The Kier molecular flexibility index (Phi) is 5.35. The quantitative estimate of drug-likeness (QED) is 0.683. The van der Waals surface area contributed by atoms with E-state index in [4.69, 9.17) is 9.47 Å². The number of benzene rings is 3. The number of ether oxygens (including phenoxy) is 2. The average molecular weight is 367 g/mol. The van der Waals surface area contributed by atoms with Crippen molar-refractivity contribution in [3.63, 3.8) is 0 Å². The molecule has 27 heavy (non-hydrogen) atoms. The molecule has 0 aliphatic carbocycles. The van der Waals surface area contributed by atoms with Crippen LogP contribution in [-0.2, 0) is 16.1 Å². The van der Waals surface area contributed by atoms with E-state index in [2.05, 4.69) is 5.32 Å². The molecule has 0 saturated heterocycles. The van der Waals surface area contributed by atoms with Crippen molar-refractivity contribution in [2.75, 3.05) is 12.4 Å². The fraction of sp³-hybridized carbons (Fsp3) is 0.143. The van der Waals surface area contributed by atoms with Crippen LogP contribution in [-0.4, -0.2) is 19.0 Å². The number of hydrogen-bond acceptors (Lipinski definition) is 4. The molecular weight excluding hydrogens is 349 g/mol. The lowest BCUT2D eigenvalue weighted by molar-refractivity contribution is -0.114. The molecule has 0 bridgehead atoms. The SMILES string of the molecule is COc1ccc(COC(=O)c2cc3ccccc3cc2NC(C)=O)cc1F. The van der Waals surface area contributed by atoms with Gasteiger partial charge in [-0.25, -0.2) is 9.18 Å². The van der Waals surface area contributed by atoms with Gasteiger partial charge >= 0.3 is 5.97 Å². The lowest BCUT2D eigenvalue weighted by Crippen LogP contribution is -2.13. The maximum atomic E-state index is 13.8. The van der Waals surface area contributed by atoms with E-state index in [1.165, 1.54) is 26.2 Å². The third kappa shape index (κ3) is 4.23. The summed E-state index contributed by atoms with van der Waals surface area (Å²) in [4.78, 5) is 24.1. The van der Waals surface area contributed by atoms with Crippen molar-refractivity contribution in [1.29, 1.82) is 0 Å². The fourth-order valence-corrected chi connectivity index (χ4v) is 2.73. The van der Waals surface area contributed by atoms with Crippen molar-refractivity contribution in [3.8, 4) is 5.75 Å². The molecule has 0 saturated carbocycles. The maximum Gasteiger partial charge on any atom is 0.340 e. The minimum Gasteiger partial charge on any atom is -0.494 e. The van der Waals surface area contributed by atoms with E-state index in [9.17, 15) is 14.0 Å². The van der Waals surface area contributed by atoms with Crippen LogP contribution in [0.25, 0.3) is 10.8 Å². The first-order valence-electron chi connectivity index (χ1n) is 8.28. The van der Waals surface area contributed by atoms with Gasteiger partial charge in [-0.15, -0.1) is 0 Å². The van der Waals surface area contributed by atoms with E-state index in [0.29, 0.717) is 11.3 Å². The summed E-state index contributed by atoms with van der Waals surface area (Å²) in [5, 5.41) is 4.38. The van der Waals surface area contributed by atoms with Crippen LogP contribution in [0.5, 0.6) is 5.75 Å². The minimum atomic E-state index is -0.610. The molecule has 5 nitrogen and oxygen atoms in total. The van der Waals surface area contributed by atoms with Crippen LogP contribution < -0.4 is 10.1 Å². The molecule has 0 radical (unpaired) electrons. The Balaban J connectivity index is 1.85. The van der Waals surface area contributed by atoms with Gasteiger partial charge in [0.1, 0.15) is 6.61 Å². The molecule has 0 aliphatic rings. The van der Waals surface area contributed by atoms with Crippen molar-refractivity contribution >= 4 is 28.3 Å².